The summed E-state index contributed by atoms with van der Waals surface area (Å²) < 4.78 is 42.5. The van der Waals surface area contributed by atoms with Gasteiger partial charge in [-0.05, 0) is 42.0 Å². The molecule has 0 unspecified atom stereocenters. The van der Waals surface area contributed by atoms with E-state index in [2.05, 4.69) is 10.1 Å². The largest absolute Gasteiger partial charge is 0.573 e. The Morgan fingerprint density at radius 3 is 2.35 bits per heavy atom. The number of hydrogen-bond acceptors (Lipinski definition) is 2. The van der Waals surface area contributed by atoms with Crippen molar-refractivity contribution in [2.24, 2.45) is 0 Å². The average Bonchev–Trinajstić information content (AvgIpc) is 3.08. The molecule has 1 heterocycles. The van der Waals surface area contributed by atoms with Gasteiger partial charge in [0, 0.05) is 29.8 Å². The Bertz CT molecular complexity index is 873. The van der Waals surface area contributed by atoms with E-state index in [-0.39, 0.29) is 23.8 Å². The van der Waals surface area contributed by atoms with Gasteiger partial charge >= 0.3 is 6.36 Å². The molecule has 3 aromatic rings. The minimum Gasteiger partial charge on any atom is -0.406 e. The van der Waals surface area contributed by atoms with E-state index in [1.165, 1.54) is 18.2 Å². The Balaban J connectivity index is 1.61. The van der Waals surface area contributed by atoms with Crippen LogP contribution in [0.2, 0.25) is 0 Å². The highest BCUT2D eigenvalue weighted by Gasteiger charge is 2.31. The number of rotatable bonds is 5. The fourth-order valence-electron chi connectivity index (χ4n) is 2.45. The smallest absolute Gasteiger partial charge is 0.406 e. The number of halogens is 3. The number of aromatic nitrogens is 1. The minimum absolute atomic E-state index is 0.107. The zero-order valence-electron chi connectivity index (χ0n) is 13.5. The number of anilines is 1. The standard InChI is InChI=1S/C19H15F3N2O2/c20-19(21,22)26-17-5-3-4-15(13-17)23-18(25)12-14-6-8-16(9-7-14)24-10-1-2-11-24/h1-11,13H,12H2,(H,23,25). The van der Waals surface area contributed by atoms with Crippen LogP contribution in [0.15, 0.2) is 73.1 Å². The fraction of sp³-hybridized carbons (Fsp3) is 0.105. The average molecular weight is 360 g/mol. The van der Waals surface area contributed by atoms with Gasteiger partial charge in [0.15, 0.2) is 0 Å². The van der Waals surface area contributed by atoms with Crippen molar-refractivity contribution in [3.8, 4) is 11.4 Å². The molecule has 2 aromatic carbocycles. The van der Waals surface area contributed by atoms with Crippen LogP contribution in [0.1, 0.15) is 5.56 Å². The van der Waals surface area contributed by atoms with Gasteiger partial charge in [0.1, 0.15) is 5.75 Å². The number of hydrogen-bond donors (Lipinski definition) is 1. The summed E-state index contributed by atoms with van der Waals surface area (Å²) in [7, 11) is 0. The van der Waals surface area contributed by atoms with Crippen LogP contribution in [0.4, 0.5) is 18.9 Å². The second-order valence-corrected chi connectivity index (χ2v) is 5.56. The number of carbonyl (C=O) groups excluding carboxylic acids is 1. The Kier molecular flexibility index (Phi) is 4.97. The molecule has 4 nitrogen and oxygen atoms in total. The third-order valence-electron chi connectivity index (χ3n) is 3.55. The third-order valence-corrected chi connectivity index (χ3v) is 3.55. The van der Waals surface area contributed by atoms with Gasteiger partial charge in [-0.2, -0.15) is 0 Å². The molecule has 0 saturated heterocycles. The van der Waals surface area contributed by atoms with Gasteiger partial charge in [-0.1, -0.05) is 18.2 Å². The van der Waals surface area contributed by atoms with E-state index >= 15 is 0 Å². The first-order valence-electron chi connectivity index (χ1n) is 7.77. The van der Waals surface area contributed by atoms with E-state index in [4.69, 9.17) is 0 Å². The van der Waals surface area contributed by atoms with E-state index in [0.29, 0.717) is 0 Å². The van der Waals surface area contributed by atoms with Gasteiger partial charge in [0.25, 0.3) is 0 Å². The quantitative estimate of drug-likeness (QED) is 0.725. The lowest BCUT2D eigenvalue weighted by atomic mass is 10.1. The zero-order valence-corrected chi connectivity index (χ0v) is 13.5. The van der Waals surface area contributed by atoms with Crippen molar-refractivity contribution in [1.29, 1.82) is 0 Å². The number of carbonyl (C=O) groups is 1. The zero-order chi connectivity index (χ0) is 18.6. The Labute approximate surface area is 147 Å². The van der Waals surface area contributed by atoms with Gasteiger partial charge in [-0.3, -0.25) is 4.79 Å². The van der Waals surface area contributed by atoms with Crippen LogP contribution in [0.3, 0.4) is 0 Å². The van der Waals surface area contributed by atoms with Gasteiger partial charge in [0.2, 0.25) is 5.91 Å². The van der Waals surface area contributed by atoms with E-state index < -0.39 is 6.36 Å². The van der Waals surface area contributed by atoms with Crippen LogP contribution in [0.25, 0.3) is 5.69 Å². The van der Waals surface area contributed by atoms with Crippen LogP contribution in [0, 0.1) is 0 Å². The second-order valence-electron chi connectivity index (χ2n) is 5.56. The highest BCUT2D eigenvalue weighted by molar-refractivity contribution is 5.92. The molecule has 0 aliphatic carbocycles. The molecule has 26 heavy (non-hydrogen) atoms. The van der Waals surface area contributed by atoms with Gasteiger partial charge < -0.3 is 14.6 Å². The van der Waals surface area contributed by atoms with E-state index in [9.17, 15) is 18.0 Å². The molecule has 0 radical (unpaired) electrons. The number of nitrogens with zero attached hydrogens (tertiary/aromatic N) is 1. The van der Waals surface area contributed by atoms with E-state index in [0.717, 1.165) is 17.3 Å². The van der Waals surface area contributed by atoms with E-state index in [1.807, 2.05) is 53.4 Å². The maximum Gasteiger partial charge on any atom is 0.573 e. The van der Waals surface area contributed by atoms with Crippen molar-refractivity contribution in [2.75, 3.05) is 5.32 Å². The summed E-state index contributed by atoms with van der Waals surface area (Å²) in [6.07, 6.45) is -0.837. The molecule has 0 bridgehead atoms. The van der Waals surface area contributed by atoms with Gasteiger partial charge in [0.05, 0.1) is 6.42 Å². The van der Waals surface area contributed by atoms with Gasteiger partial charge in [-0.15, -0.1) is 13.2 Å². The number of amides is 1. The van der Waals surface area contributed by atoms with Crippen molar-refractivity contribution < 1.29 is 22.7 Å². The SMILES string of the molecule is O=C(Cc1ccc(-n2cccc2)cc1)Nc1cccc(OC(F)(F)F)c1. The van der Waals surface area contributed by atoms with Crippen LogP contribution in [-0.2, 0) is 11.2 Å². The predicted molar refractivity (Wildman–Crippen MR) is 91.2 cm³/mol. The normalized spacial score (nSPS) is 11.2. The molecule has 0 aliphatic rings. The molecular formula is C19H15F3N2O2. The summed E-state index contributed by atoms with van der Waals surface area (Å²) in [6, 6.07) is 16.4. The molecule has 7 heteroatoms. The summed E-state index contributed by atoms with van der Waals surface area (Å²) >= 11 is 0. The van der Waals surface area contributed by atoms with Crippen molar-refractivity contribution in [3.05, 3.63) is 78.6 Å². The Morgan fingerprint density at radius 2 is 1.69 bits per heavy atom. The fourth-order valence-corrected chi connectivity index (χ4v) is 2.45. The summed E-state index contributed by atoms with van der Waals surface area (Å²) in [6.45, 7) is 0. The molecule has 0 fully saturated rings. The number of benzene rings is 2. The Hall–Kier alpha value is -3.22. The first-order valence-corrected chi connectivity index (χ1v) is 7.77. The maximum atomic E-state index is 12.2. The predicted octanol–water partition coefficient (Wildman–Crippen LogP) is 4.56. The third kappa shape index (κ3) is 4.89. The molecular weight excluding hydrogens is 345 g/mol. The maximum absolute atomic E-state index is 12.2. The van der Waals surface area contributed by atoms with Crippen molar-refractivity contribution in [3.63, 3.8) is 0 Å². The van der Waals surface area contributed by atoms with Crippen LogP contribution >= 0.6 is 0 Å². The highest BCUT2D eigenvalue weighted by atomic mass is 19.4. The molecule has 1 aromatic heterocycles. The summed E-state index contributed by atoms with van der Waals surface area (Å²) in [4.78, 5) is 12.1. The van der Waals surface area contributed by atoms with Crippen molar-refractivity contribution >= 4 is 11.6 Å². The number of ether oxygens (including phenoxy) is 1. The van der Waals surface area contributed by atoms with Gasteiger partial charge in [-0.25, -0.2) is 0 Å². The van der Waals surface area contributed by atoms with Crippen LogP contribution in [-0.4, -0.2) is 16.8 Å². The first kappa shape index (κ1) is 17.6. The van der Waals surface area contributed by atoms with Crippen LogP contribution in [0.5, 0.6) is 5.75 Å². The number of nitrogens with one attached hydrogen (secondary N) is 1. The molecule has 1 amide bonds. The van der Waals surface area contributed by atoms with Crippen molar-refractivity contribution in [2.45, 2.75) is 12.8 Å². The first-order chi connectivity index (χ1) is 12.4. The molecule has 134 valence electrons. The molecule has 0 aliphatic heterocycles. The van der Waals surface area contributed by atoms with Crippen molar-refractivity contribution in [1.82, 2.24) is 4.57 Å². The molecule has 3 rings (SSSR count). The second kappa shape index (κ2) is 7.35. The molecule has 0 saturated carbocycles. The summed E-state index contributed by atoms with van der Waals surface area (Å²) in [5.41, 5.74) is 2.00. The van der Waals surface area contributed by atoms with E-state index in [1.54, 1.807) is 0 Å². The number of alkyl halides is 3. The minimum atomic E-state index is -4.77. The lowest BCUT2D eigenvalue weighted by molar-refractivity contribution is -0.274. The summed E-state index contributed by atoms with van der Waals surface area (Å²) in [5.74, 6) is -0.714. The molecule has 0 atom stereocenters. The summed E-state index contributed by atoms with van der Waals surface area (Å²) in [5, 5.41) is 2.57. The lowest BCUT2D eigenvalue weighted by Gasteiger charge is -2.11. The highest BCUT2D eigenvalue weighted by Crippen LogP contribution is 2.25. The lowest BCUT2D eigenvalue weighted by Crippen LogP contribution is -2.18. The molecule has 0 spiro atoms. The molecule has 1 N–H and O–H groups in total. The monoisotopic (exact) mass is 360 g/mol. The topological polar surface area (TPSA) is 43.3 Å². The Morgan fingerprint density at radius 1 is 1.00 bits per heavy atom. The van der Waals surface area contributed by atoms with Crippen LogP contribution < -0.4 is 10.1 Å².